The molecule has 0 saturated heterocycles. The smallest absolute Gasteiger partial charge is 0.238 e. The van der Waals surface area contributed by atoms with Crippen LogP contribution in [0.1, 0.15) is 18.4 Å². The molecule has 1 fully saturated rings. The highest BCUT2D eigenvalue weighted by Crippen LogP contribution is 2.36. The van der Waals surface area contributed by atoms with Gasteiger partial charge < -0.3 is 20.1 Å². The average molecular weight is 395 g/mol. The van der Waals surface area contributed by atoms with Crippen LogP contribution in [0.2, 0.25) is 0 Å². The Labute approximate surface area is 164 Å². The molecule has 0 atom stereocenters. The van der Waals surface area contributed by atoms with E-state index >= 15 is 0 Å². The van der Waals surface area contributed by atoms with Crippen LogP contribution in [-0.2, 0) is 4.79 Å². The van der Waals surface area contributed by atoms with Crippen LogP contribution in [0, 0.1) is 18.7 Å². The second-order valence-corrected chi connectivity index (χ2v) is 6.52. The third-order valence-electron chi connectivity index (χ3n) is 4.17. The summed E-state index contributed by atoms with van der Waals surface area (Å²) in [6.45, 7) is 2.96. The summed E-state index contributed by atoms with van der Waals surface area (Å²) in [4.78, 5) is 12.1. The van der Waals surface area contributed by atoms with E-state index in [9.17, 15) is 9.18 Å². The number of benzene rings is 2. The van der Waals surface area contributed by atoms with Gasteiger partial charge in [0, 0.05) is 6.07 Å². The molecule has 0 radical (unpaired) electrons. The first-order valence-electron chi connectivity index (χ1n) is 8.68. The van der Waals surface area contributed by atoms with Gasteiger partial charge in [0.15, 0.2) is 17.2 Å². The maximum atomic E-state index is 13.7. The van der Waals surface area contributed by atoms with Gasteiger partial charge in [0.05, 0.1) is 19.3 Å². The van der Waals surface area contributed by atoms with Crippen LogP contribution >= 0.6 is 12.4 Å². The van der Waals surface area contributed by atoms with Crippen molar-refractivity contribution in [3.63, 3.8) is 0 Å². The zero-order valence-corrected chi connectivity index (χ0v) is 16.2. The van der Waals surface area contributed by atoms with Crippen LogP contribution in [0.5, 0.6) is 17.2 Å². The average Bonchev–Trinajstić information content (AvgIpc) is 3.43. The summed E-state index contributed by atoms with van der Waals surface area (Å²) in [7, 11) is 1.56. The minimum absolute atomic E-state index is 0. The summed E-state index contributed by atoms with van der Waals surface area (Å²) in [5, 5.41) is 5.82. The molecule has 0 spiro atoms. The number of hydrogen-bond donors (Lipinski definition) is 2. The van der Waals surface area contributed by atoms with E-state index in [1.165, 1.54) is 31.0 Å². The highest BCUT2D eigenvalue weighted by molar-refractivity contribution is 5.93. The molecule has 1 amide bonds. The van der Waals surface area contributed by atoms with E-state index in [4.69, 9.17) is 9.47 Å². The van der Waals surface area contributed by atoms with Crippen molar-refractivity contribution in [2.75, 3.05) is 25.5 Å². The predicted octanol–water partition coefficient (Wildman–Crippen LogP) is 4.29. The molecular formula is C20H24ClFN2O3. The fourth-order valence-corrected chi connectivity index (χ4v) is 2.57. The summed E-state index contributed by atoms with van der Waals surface area (Å²) in [5.41, 5.74) is 1.31. The number of aryl methyl sites for hydroxylation is 1. The van der Waals surface area contributed by atoms with Crippen molar-refractivity contribution in [1.82, 2.24) is 5.32 Å². The molecular weight excluding hydrogens is 371 g/mol. The molecule has 27 heavy (non-hydrogen) atoms. The predicted molar refractivity (Wildman–Crippen MR) is 106 cm³/mol. The monoisotopic (exact) mass is 394 g/mol. The largest absolute Gasteiger partial charge is 0.493 e. The summed E-state index contributed by atoms with van der Waals surface area (Å²) >= 11 is 0. The van der Waals surface area contributed by atoms with Crippen molar-refractivity contribution in [2.45, 2.75) is 19.8 Å². The van der Waals surface area contributed by atoms with Crippen LogP contribution in [0.15, 0.2) is 36.4 Å². The number of hydrogen-bond acceptors (Lipinski definition) is 4. The Balaban J connectivity index is 0.00000261. The number of carbonyl (C=O) groups excluding carboxylic acids is 1. The van der Waals surface area contributed by atoms with Crippen LogP contribution in [0.3, 0.4) is 0 Å². The Kier molecular flexibility index (Phi) is 7.45. The fourth-order valence-electron chi connectivity index (χ4n) is 2.57. The molecule has 1 aliphatic rings. The SMILES string of the molecule is COc1cc(C)ccc1Oc1ccc(F)cc1NC(=O)CNCC1CC1.Cl. The van der Waals surface area contributed by atoms with Gasteiger partial charge in [0.2, 0.25) is 5.91 Å². The molecule has 0 unspecified atom stereocenters. The maximum absolute atomic E-state index is 13.7. The van der Waals surface area contributed by atoms with Gasteiger partial charge in [-0.05, 0) is 62.1 Å². The number of ether oxygens (including phenoxy) is 2. The molecule has 146 valence electrons. The summed E-state index contributed by atoms with van der Waals surface area (Å²) in [5.74, 6) is 1.41. The van der Waals surface area contributed by atoms with Gasteiger partial charge in [-0.15, -0.1) is 12.4 Å². The number of amides is 1. The van der Waals surface area contributed by atoms with E-state index in [1.54, 1.807) is 13.2 Å². The van der Waals surface area contributed by atoms with Crippen LogP contribution < -0.4 is 20.1 Å². The molecule has 0 aromatic heterocycles. The van der Waals surface area contributed by atoms with Crippen LogP contribution in [0.25, 0.3) is 0 Å². The molecule has 2 N–H and O–H groups in total. The van der Waals surface area contributed by atoms with Crippen molar-refractivity contribution in [3.05, 3.63) is 47.8 Å². The van der Waals surface area contributed by atoms with Gasteiger partial charge in [-0.1, -0.05) is 6.07 Å². The lowest BCUT2D eigenvalue weighted by Gasteiger charge is -2.15. The second kappa shape index (κ2) is 9.58. The Morgan fingerprint density at radius 2 is 1.89 bits per heavy atom. The molecule has 5 nitrogen and oxygen atoms in total. The zero-order chi connectivity index (χ0) is 18.5. The lowest BCUT2D eigenvalue weighted by molar-refractivity contribution is -0.115. The Bertz CT molecular complexity index is 797. The molecule has 0 aliphatic heterocycles. The molecule has 3 rings (SSSR count). The molecule has 2 aromatic rings. The number of nitrogens with one attached hydrogen (secondary N) is 2. The second-order valence-electron chi connectivity index (χ2n) is 6.52. The van der Waals surface area contributed by atoms with E-state index in [0.717, 1.165) is 12.1 Å². The topological polar surface area (TPSA) is 59.6 Å². The zero-order valence-electron chi connectivity index (χ0n) is 15.4. The van der Waals surface area contributed by atoms with Crippen LogP contribution in [-0.4, -0.2) is 26.1 Å². The number of carbonyl (C=O) groups is 1. The van der Waals surface area contributed by atoms with E-state index in [2.05, 4.69) is 10.6 Å². The maximum Gasteiger partial charge on any atom is 0.238 e. The first-order chi connectivity index (χ1) is 12.5. The van der Waals surface area contributed by atoms with E-state index in [0.29, 0.717) is 23.2 Å². The van der Waals surface area contributed by atoms with E-state index in [1.807, 2.05) is 19.1 Å². The summed E-state index contributed by atoms with van der Waals surface area (Å²) < 4.78 is 24.9. The van der Waals surface area contributed by atoms with Crippen LogP contribution in [0.4, 0.5) is 10.1 Å². The van der Waals surface area contributed by atoms with Crippen molar-refractivity contribution in [2.24, 2.45) is 5.92 Å². The molecule has 1 saturated carbocycles. The lowest BCUT2D eigenvalue weighted by Crippen LogP contribution is -2.29. The van der Waals surface area contributed by atoms with Gasteiger partial charge in [-0.25, -0.2) is 4.39 Å². The van der Waals surface area contributed by atoms with Gasteiger partial charge in [0.25, 0.3) is 0 Å². The standard InChI is InChI=1S/C20H23FN2O3.ClH/c1-13-3-7-18(19(9-13)25-2)26-17-8-6-15(21)10-16(17)23-20(24)12-22-11-14-4-5-14;/h3,6-10,14,22H,4-5,11-12H2,1-2H3,(H,23,24);1H. The summed E-state index contributed by atoms with van der Waals surface area (Å²) in [6.07, 6.45) is 2.43. The van der Waals surface area contributed by atoms with E-state index in [-0.39, 0.29) is 30.5 Å². The third kappa shape index (κ3) is 6.12. The molecule has 0 bridgehead atoms. The van der Waals surface area contributed by atoms with Gasteiger partial charge in [-0.3, -0.25) is 4.79 Å². The number of halogens is 2. The van der Waals surface area contributed by atoms with Crippen molar-refractivity contribution < 1.29 is 18.7 Å². The molecule has 2 aromatic carbocycles. The Morgan fingerprint density at radius 1 is 1.15 bits per heavy atom. The van der Waals surface area contributed by atoms with Crippen molar-refractivity contribution in [3.8, 4) is 17.2 Å². The van der Waals surface area contributed by atoms with E-state index < -0.39 is 5.82 Å². The van der Waals surface area contributed by atoms with Gasteiger partial charge >= 0.3 is 0 Å². The number of methoxy groups -OCH3 is 1. The first kappa shape index (κ1) is 21.0. The fraction of sp³-hybridized carbons (Fsp3) is 0.350. The third-order valence-corrected chi connectivity index (χ3v) is 4.17. The highest BCUT2D eigenvalue weighted by Gasteiger charge is 2.20. The minimum Gasteiger partial charge on any atom is -0.493 e. The quantitative estimate of drug-likeness (QED) is 0.701. The first-order valence-corrected chi connectivity index (χ1v) is 8.68. The minimum atomic E-state index is -0.450. The van der Waals surface area contributed by atoms with Gasteiger partial charge in [-0.2, -0.15) is 0 Å². The lowest BCUT2D eigenvalue weighted by atomic mass is 10.2. The molecule has 7 heteroatoms. The Morgan fingerprint density at radius 3 is 2.59 bits per heavy atom. The number of anilines is 1. The van der Waals surface area contributed by atoms with Crippen molar-refractivity contribution in [1.29, 1.82) is 0 Å². The Hall–Kier alpha value is -2.31. The highest BCUT2D eigenvalue weighted by atomic mass is 35.5. The van der Waals surface area contributed by atoms with Crippen molar-refractivity contribution >= 4 is 24.0 Å². The molecule has 1 aliphatic carbocycles. The van der Waals surface area contributed by atoms with Gasteiger partial charge in [0.1, 0.15) is 5.82 Å². The summed E-state index contributed by atoms with van der Waals surface area (Å²) in [6, 6.07) is 9.54. The molecule has 0 heterocycles. The normalized spacial score (nSPS) is 12.9. The number of rotatable bonds is 8.